The Balaban J connectivity index is 1.61. The molecule has 0 radical (unpaired) electrons. The van der Waals surface area contributed by atoms with Gasteiger partial charge >= 0.3 is 0 Å². The average Bonchev–Trinajstić information content (AvgIpc) is 3.63. The molecule has 2 aromatic carbocycles. The van der Waals surface area contributed by atoms with Crippen LogP contribution in [-0.2, 0) is 4.79 Å². The Morgan fingerprint density at radius 1 is 1.09 bits per heavy atom. The lowest BCUT2D eigenvalue weighted by atomic mass is 10.00. The van der Waals surface area contributed by atoms with Gasteiger partial charge in [0.1, 0.15) is 23.2 Å². The first kappa shape index (κ1) is 20.8. The van der Waals surface area contributed by atoms with Crippen molar-refractivity contribution in [3.8, 4) is 22.7 Å². The third-order valence-electron chi connectivity index (χ3n) is 5.75. The molecule has 7 nitrogen and oxygen atoms in total. The van der Waals surface area contributed by atoms with Crippen LogP contribution in [0, 0.1) is 0 Å². The summed E-state index contributed by atoms with van der Waals surface area (Å²) in [4.78, 5) is 12.7. The van der Waals surface area contributed by atoms with Crippen molar-refractivity contribution in [2.24, 2.45) is 5.10 Å². The van der Waals surface area contributed by atoms with Crippen LogP contribution in [0.15, 0.2) is 88.7 Å². The molecule has 0 fully saturated rings. The highest BCUT2D eigenvalue weighted by Crippen LogP contribution is 2.36. The van der Waals surface area contributed by atoms with Crippen LogP contribution < -0.4 is 4.74 Å². The lowest BCUT2D eigenvalue weighted by Gasteiger charge is -2.18. The maximum absolute atomic E-state index is 12.7. The van der Waals surface area contributed by atoms with Crippen molar-refractivity contribution < 1.29 is 13.9 Å². The monoisotopic (exact) mass is 440 g/mol. The number of aromatic nitrogens is 2. The fourth-order valence-corrected chi connectivity index (χ4v) is 4.03. The quantitative estimate of drug-likeness (QED) is 0.412. The summed E-state index contributed by atoms with van der Waals surface area (Å²) in [6, 6.07) is 21.2. The lowest BCUT2D eigenvalue weighted by molar-refractivity contribution is -0.133. The second kappa shape index (κ2) is 8.78. The normalized spacial score (nSPS) is 15.5. The van der Waals surface area contributed by atoms with Crippen LogP contribution >= 0.6 is 0 Å². The fourth-order valence-electron chi connectivity index (χ4n) is 4.03. The van der Waals surface area contributed by atoms with Gasteiger partial charge in [-0.2, -0.15) is 10.2 Å². The summed E-state index contributed by atoms with van der Waals surface area (Å²) in [5.74, 6) is 1.45. The summed E-state index contributed by atoms with van der Waals surface area (Å²) in [6.45, 7) is 1.84. The predicted octanol–water partition coefficient (Wildman–Crippen LogP) is 5.23. The molecule has 1 amide bonds. The number of hydrogen-bond acceptors (Lipinski definition) is 5. The number of ether oxygens (including phenoxy) is 1. The van der Waals surface area contributed by atoms with E-state index in [0.29, 0.717) is 12.8 Å². The molecule has 3 heterocycles. The molecular weight excluding hydrogens is 416 g/mol. The molecule has 7 heteroatoms. The molecule has 0 bridgehead atoms. The first-order valence-electron chi connectivity index (χ1n) is 10.9. The number of hydrazone groups is 1. The number of hydrogen-bond donors (Lipinski definition) is 0. The van der Waals surface area contributed by atoms with Crippen LogP contribution in [0.25, 0.3) is 16.9 Å². The maximum atomic E-state index is 12.7. The van der Waals surface area contributed by atoms with Crippen molar-refractivity contribution in [2.45, 2.75) is 25.8 Å². The smallest absolute Gasteiger partial charge is 0.243 e. The molecule has 0 N–H and O–H groups in total. The molecule has 0 aliphatic carbocycles. The standard InChI is InChI=1S/C26H24N4O3/c1-3-25(31)30-23(24-10-7-15-33-24)16-22(27-30)21-17-29(19-8-5-4-6-9-19)28-26(21)18-11-13-20(32-2)14-12-18/h4-15,17,23H,3,16H2,1-2H3/t23-/m1/s1. The van der Waals surface area contributed by atoms with Crippen LogP contribution in [0.4, 0.5) is 0 Å². The number of amides is 1. The first-order chi connectivity index (χ1) is 16.2. The van der Waals surface area contributed by atoms with Gasteiger partial charge in [-0.25, -0.2) is 9.69 Å². The van der Waals surface area contributed by atoms with Crippen LogP contribution in [-0.4, -0.2) is 33.5 Å². The topological polar surface area (TPSA) is 72.9 Å². The molecular formula is C26H24N4O3. The van der Waals surface area contributed by atoms with Crippen LogP contribution in [0.2, 0.25) is 0 Å². The van der Waals surface area contributed by atoms with E-state index in [1.807, 2.05) is 84.5 Å². The number of carbonyl (C=O) groups is 1. The SMILES string of the molecule is CCC(=O)N1N=C(c2cn(-c3ccccc3)nc2-c2ccc(OC)cc2)C[C@@H]1c1ccco1. The largest absolute Gasteiger partial charge is 0.497 e. The number of furan rings is 1. The molecule has 0 unspecified atom stereocenters. The van der Waals surface area contributed by atoms with Crippen LogP contribution in [0.3, 0.4) is 0 Å². The highest BCUT2D eigenvalue weighted by molar-refractivity contribution is 6.07. The van der Waals surface area contributed by atoms with E-state index in [-0.39, 0.29) is 11.9 Å². The van der Waals surface area contributed by atoms with E-state index in [1.54, 1.807) is 18.4 Å². The van der Waals surface area contributed by atoms with E-state index in [2.05, 4.69) is 0 Å². The van der Waals surface area contributed by atoms with Crippen LogP contribution in [0.5, 0.6) is 5.75 Å². The third-order valence-corrected chi connectivity index (χ3v) is 5.75. The Bertz CT molecular complexity index is 1280. The lowest BCUT2D eigenvalue weighted by Crippen LogP contribution is -2.25. The number of carbonyl (C=O) groups excluding carboxylic acids is 1. The van der Waals surface area contributed by atoms with Crippen molar-refractivity contribution in [1.29, 1.82) is 0 Å². The highest BCUT2D eigenvalue weighted by Gasteiger charge is 2.35. The van der Waals surface area contributed by atoms with E-state index in [1.165, 1.54) is 0 Å². The Morgan fingerprint density at radius 2 is 1.88 bits per heavy atom. The molecule has 33 heavy (non-hydrogen) atoms. The van der Waals surface area contributed by atoms with E-state index < -0.39 is 0 Å². The Labute approximate surface area is 191 Å². The average molecular weight is 441 g/mol. The zero-order chi connectivity index (χ0) is 22.8. The number of rotatable bonds is 6. The van der Waals surface area contributed by atoms with Crippen molar-refractivity contribution in [3.05, 3.63) is 90.5 Å². The third kappa shape index (κ3) is 3.93. The van der Waals surface area contributed by atoms with Gasteiger partial charge in [-0.1, -0.05) is 25.1 Å². The van der Waals surface area contributed by atoms with Gasteiger partial charge in [0.05, 0.1) is 24.8 Å². The number of para-hydroxylation sites is 1. The summed E-state index contributed by atoms with van der Waals surface area (Å²) in [7, 11) is 1.64. The molecule has 1 aliphatic heterocycles. The molecule has 2 aromatic heterocycles. The Morgan fingerprint density at radius 3 is 2.55 bits per heavy atom. The number of nitrogens with zero attached hydrogens (tertiary/aromatic N) is 4. The molecule has 5 rings (SSSR count). The maximum Gasteiger partial charge on any atom is 0.243 e. The van der Waals surface area contributed by atoms with Crippen molar-refractivity contribution in [2.75, 3.05) is 7.11 Å². The number of methoxy groups -OCH3 is 1. The van der Waals surface area contributed by atoms with E-state index in [4.69, 9.17) is 19.4 Å². The van der Waals surface area contributed by atoms with Gasteiger partial charge in [-0.05, 0) is 48.5 Å². The minimum atomic E-state index is -0.272. The summed E-state index contributed by atoms with van der Waals surface area (Å²) in [5.41, 5.74) is 4.36. The molecule has 1 atom stereocenters. The molecule has 166 valence electrons. The van der Waals surface area contributed by atoms with Gasteiger partial charge in [-0.3, -0.25) is 4.79 Å². The zero-order valence-electron chi connectivity index (χ0n) is 18.5. The van der Waals surface area contributed by atoms with Gasteiger partial charge in [0, 0.05) is 30.2 Å². The zero-order valence-corrected chi connectivity index (χ0v) is 18.5. The number of benzene rings is 2. The predicted molar refractivity (Wildman–Crippen MR) is 125 cm³/mol. The van der Waals surface area contributed by atoms with Gasteiger partial charge in [-0.15, -0.1) is 0 Å². The molecule has 0 saturated heterocycles. The highest BCUT2D eigenvalue weighted by atomic mass is 16.5. The van der Waals surface area contributed by atoms with Gasteiger partial charge in [0.2, 0.25) is 5.91 Å². The summed E-state index contributed by atoms with van der Waals surface area (Å²) < 4.78 is 12.8. The second-order valence-corrected chi connectivity index (χ2v) is 7.77. The Hall–Kier alpha value is -4.13. The first-order valence-corrected chi connectivity index (χ1v) is 10.9. The van der Waals surface area contributed by atoms with Crippen molar-refractivity contribution in [1.82, 2.24) is 14.8 Å². The van der Waals surface area contributed by atoms with Crippen molar-refractivity contribution in [3.63, 3.8) is 0 Å². The summed E-state index contributed by atoms with van der Waals surface area (Å²) in [5, 5.41) is 11.2. The summed E-state index contributed by atoms with van der Waals surface area (Å²) >= 11 is 0. The second-order valence-electron chi connectivity index (χ2n) is 7.77. The molecule has 0 spiro atoms. The van der Waals surface area contributed by atoms with Crippen molar-refractivity contribution >= 4 is 11.6 Å². The van der Waals surface area contributed by atoms with E-state index in [9.17, 15) is 4.79 Å². The summed E-state index contributed by atoms with van der Waals surface area (Å²) in [6.07, 6.45) is 4.51. The minimum absolute atomic E-state index is 0.0483. The molecule has 4 aromatic rings. The van der Waals surface area contributed by atoms with E-state index >= 15 is 0 Å². The van der Waals surface area contributed by atoms with Gasteiger partial charge in [0.25, 0.3) is 0 Å². The van der Waals surface area contributed by atoms with E-state index in [0.717, 1.165) is 39.7 Å². The van der Waals surface area contributed by atoms with Gasteiger partial charge in [0.15, 0.2) is 0 Å². The van der Waals surface area contributed by atoms with Gasteiger partial charge < -0.3 is 9.15 Å². The van der Waals surface area contributed by atoms with Crippen LogP contribution in [0.1, 0.15) is 37.1 Å². The minimum Gasteiger partial charge on any atom is -0.497 e. The fraction of sp³-hybridized carbons (Fsp3) is 0.192. The Kier molecular flexibility index (Phi) is 5.52. The molecule has 0 saturated carbocycles. The molecule has 1 aliphatic rings.